The molecule has 0 aliphatic rings. The number of aryl methyl sites for hydroxylation is 3. The van der Waals surface area contributed by atoms with Crippen LogP contribution in [0.3, 0.4) is 0 Å². The van der Waals surface area contributed by atoms with Crippen molar-refractivity contribution in [3.8, 4) is 0 Å². The maximum absolute atomic E-state index is 6.44. The normalized spacial score (nSPS) is 12.7. The first kappa shape index (κ1) is 13.8. The van der Waals surface area contributed by atoms with Crippen molar-refractivity contribution >= 4 is 0 Å². The molecule has 1 atom stereocenters. The summed E-state index contributed by atoms with van der Waals surface area (Å²) in [5.74, 6) is 0. The number of nitrogens with two attached hydrogens (primary N) is 1. The summed E-state index contributed by atoms with van der Waals surface area (Å²) in [4.78, 5) is 0. The standard InChI is InChI=1S/C16H23N3/c1-5-7-13-8-6-9-14(10-13)16(17)15-11(2)18-19(4)12(15)3/h6,8-10,16H,5,7,17H2,1-4H3. The molecule has 0 spiro atoms. The molecule has 2 aromatic rings. The van der Waals surface area contributed by atoms with Crippen LogP contribution in [0.5, 0.6) is 0 Å². The van der Waals surface area contributed by atoms with E-state index in [9.17, 15) is 0 Å². The van der Waals surface area contributed by atoms with Gasteiger partial charge in [0.1, 0.15) is 0 Å². The van der Waals surface area contributed by atoms with E-state index in [1.165, 1.54) is 11.1 Å². The third-order valence-electron chi connectivity index (χ3n) is 3.72. The van der Waals surface area contributed by atoms with Crippen molar-refractivity contribution in [2.75, 3.05) is 0 Å². The molecule has 102 valence electrons. The third-order valence-corrected chi connectivity index (χ3v) is 3.72. The number of aromatic nitrogens is 2. The Morgan fingerprint density at radius 2 is 2.05 bits per heavy atom. The van der Waals surface area contributed by atoms with E-state index in [0.717, 1.165) is 29.8 Å². The van der Waals surface area contributed by atoms with Crippen LogP contribution >= 0.6 is 0 Å². The van der Waals surface area contributed by atoms with Crippen LogP contribution in [0.15, 0.2) is 24.3 Å². The van der Waals surface area contributed by atoms with Gasteiger partial charge in [-0.25, -0.2) is 0 Å². The SMILES string of the molecule is CCCc1cccc(C(N)c2c(C)nn(C)c2C)c1. The zero-order valence-corrected chi connectivity index (χ0v) is 12.3. The van der Waals surface area contributed by atoms with Gasteiger partial charge in [0, 0.05) is 18.3 Å². The molecular weight excluding hydrogens is 234 g/mol. The maximum Gasteiger partial charge on any atom is 0.0647 e. The average molecular weight is 257 g/mol. The van der Waals surface area contributed by atoms with Crippen molar-refractivity contribution in [1.29, 1.82) is 0 Å². The fraction of sp³-hybridized carbons (Fsp3) is 0.438. The molecule has 0 saturated heterocycles. The first-order chi connectivity index (χ1) is 9.04. The molecule has 3 nitrogen and oxygen atoms in total. The van der Waals surface area contributed by atoms with E-state index in [-0.39, 0.29) is 6.04 Å². The fourth-order valence-electron chi connectivity index (χ4n) is 2.64. The lowest BCUT2D eigenvalue weighted by molar-refractivity contribution is 0.728. The monoisotopic (exact) mass is 257 g/mol. The second kappa shape index (κ2) is 5.57. The van der Waals surface area contributed by atoms with Crippen LogP contribution in [0.1, 0.15) is 47.5 Å². The van der Waals surface area contributed by atoms with Crippen LogP contribution in [0.2, 0.25) is 0 Å². The number of nitrogens with zero attached hydrogens (tertiary/aromatic N) is 2. The first-order valence-electron chi connectivity index (χ1n) is 6.89. The molecule has 1 heterocycles. The van der Waals surface area contributed by atoms with Crippen molar-refractivity contribution in [2.24, 2.45) is 12.8 Å². The Bertz CT molecular complexity index is 569. The largest absolute Gasteiger partial charge is 0.320 e. The van der Waals surface area contributed by atoms with Gasteiger partial charge in [0.15, 0.2) is 0 Å². The highest BCUT2D eigenvalue weighted by Crippen LogP contribution is 2.26. The Morgan fingerprint density at radius 3 is 2.63 bits per heavy atom. The quantitative estimate of drug-likeness (QED) is 0.915. The Hall–Kier alpha value is -1.61. The number of hydrogen-bond donors (Lipinski definition) is 1. The third kappa shape index (κ3) is 2.71. The van der Waals surface area contributed by atoms with Gasteiger partial charge in [-0.05, 0) is 31.4 Å². The molecule has 0 aliphatic heterocycles. The fourth-order valence-corrected chi connectivity index (χ4v) is 2.64. The van der Waals surface area contributed by atoms with E-state index in [0.29, 0.717) is 0 Å². The van der Waals surface area contributed by atoms with Crippen molar-refractivity contribution in [3.63, 3.8) is 0 Å². The summed E-state index contributed by atoms with van der Waals surface area (Å²) in [6.07, 6.45) is 2.26. The number of hydrogen-bond acceptors (Lipinski definition) is 2. The van der Waals surface area contributed by atoms with Crippen LogP contribution in [-0.4, -0.2) is 9.78 Å². The Morgan fingerprint density at radius 1 is 1.32 bits per heavy atom. The molecule has 0 aliphatic carbocycles. The van der Waals surface area contributed by atoms with Gasteiger partial charge in [-0.2, -0.15) is 5.10 Å². The van der Waals surface area contributed by atoms with Crippen LogP contribution in [-0.2, 0) is 13.5 Å². The molecule has 0 saturated carbocycles. The zero-order valence-electron chi connectivity index (χ0n) is 12.3. The summed E-state index contributed by atoms with van der Waals surface area (Å²) in [6, 6.07) is 8.50. The van der Waals surface area contributed by atoms with Crippen LogP contribution in [0.25, 0.3) is 0 Å². The van der Waals surface area contributed by atoms with Gasteiger partial charge < -0.3 is 5.73 Å². The van der Waals surface area contributed by atoms with Gasteiger partial charge in [0.2, 0.25) is 0 Å². The summed E-state index contributed by atoms with van der Waals surface area (Å²) in [6.45, 7) is 6.30. The predicted octanol–water partition coefficient (Wildman–Crippen LogP) is 3.04. The molecule has 0 bridgehead atoms. The minimum atomic E-state index is -0.0921. The lowest BCUT2D eigenvalue weighted by Crippen LogP contribution is -2.14. The summed E-state index contributed by atoms with van der Waals surface area (Å²) >= 11 is 0. The minimum Gasteiger partial charge on any atom is -0.320 e. The Balaban J connectivity index is 2.38. The van der Waals surface area contributed by atoms with Gasteiger partial charge in [0.25, 0.3) is 0 Å². The molecule has 1 aromatic heterocycles. The zero-order chi connectivity index (χ0) is 14.0. The van der Waals surface area contributed by atoms with Crippen molar-refractivity contribution in [1.82, 2.24) is 9.78 Å². The highest BCUT2D eigenvalue weighted by molar-refractivity contribution is 5.38. The van der Waals surface area contributed by atoms with Gasteiger partial charge in [-0.1, -0.05) is 37.6 Å². The molecule has 0 amide bonds. The van der Waals surface area contributed by atoms with Crippen molar-refractivity contribution in [2.45, 2.75) is 39.7 Å². The molecule has 19 heavy (non-hydrogen) atoms. The molecule has 1 unspecified atom stereocenters. The summed E-state index contributed by atoms with van der Waals surface area (Å²) in [5, 5.41) is 4.45. The lowest BCUT2D eigenvalue weighted by Gasteiger charge is -2.14. The molecule has 3 heteroatoms. The highest BCUT2D eigenvalue weighted by Gasteiger charge is 2.18. The molecule has 1 aromatic carbocycles. The summed E-state index contributed by atoms with van der Waals surface area (Å²) < 4.78 is 1.90. The molecule has 2 rings (SSSR count). The van der Waals surface area contributed by atoms with E-state index in [4.69, 9.17) is 5.73 Å². The van der Waals surface area contributed by atoms with E-state index >= 15 is 0 Å². The van der Waals surface area contributed by atoms with Gasteiger partial charge in [-0.3, -0.25) is 4.68 Å². The van der Waals surface area contributed by atoms with Crippen molar-refractivity contribution in [3.05, 3.63) is 52.3 Å². The summed E-state index contributed by atoms with van der Waals surface area (Å²) in [7, 11) is 1.96. The predicted molar refractivity (Wildman–Crippen MR) is 79.1 cm³/mol. The molecular formula is C16H23N3. The Labute approximate surface area is 115 Å². The van der Waals surface area contributed by atoms with E-state index in [1.807, 2.05) is 18.7 Å². The number of benzene rings is 1. The van der Waals surface area contributed by atoms with E-state index in [1.54, 1.807) is 0 Å². The summed E-state index contributed by atoms with van der Waals surface area (Å²) in [5.41, 5.74) is 12.3. The van der Waals surface area contributed by atoms with Crippen molar-refractivity contribution < 1.29 is 0 Å². The Kier molecular flexibility index (Phi) is 4.05. The highest BCUT2D eigenvalue weighted by atomic mass is 15.3. The van der Waals surface area contributed by atoms with Gasteiger partial charge in [0.05, 0.1) is 11.7 Å². The van der Waals surface area contributed by atoms with Crippen LogP contribution in [0, 0.1) is 13.8 Å². The molecule has 0 fully saturated rings. The van der Waals surface area contributed by atoms with Gasteiger partial charge in [-0.15, -0.1) is 0 Å². The number of rotatable bonds is 4. The smallest absolute Gasteiger partial charge is 0.0647 e. The van der Waals surface area contributed by atoms with Crippen LogP contribution < -0.4 is 5.73 Å². The topological polar surface area (TPSA) is 43.8 Å². The second-order valence-electron chi connectivity index (χ2n) is 5.18. The first-order valence-corrected chi connectivity index (χ1v) is 6.89. The minimum absolute atomic E-state index is 0.0921. The van der Waals surface area contributed by atoms with E-state index < -0.39 is 0 Å². The van der Waals surface area contributed by atoms with E-state index in [2.05, 4.69) is 43.2 Å². The van der Waals surface area contributed by atoms with Crippen LogP contribution in [0.4, 0.5) is 0 Å². The second-order valence-corrected chi connectivity index (χ2v) is 5.18. The lowest BCUT2D eigenvalue weighted by atomic mass is 9.95. The van der Waals surface area contributed by atoms with Gasteiger partial charge >= 0.3 is 0 Å². The molecule has 0 radical (unpaired) electrons. The maximum atomic E-state index is 6.44. The average Bonchev–Trinajstić information content (AvgIpc) is 2.63. The molecule has 2 N–H and O–H groups in total.